The second-order valence-electron chi connectivity index (χ2n) is 9.33. The summed E-state index contributed by atoms with van der Waals surface area (Å²) in [6.07, 6.45) is 0. The molecule has 0 fully saturated rings. The van der Waals surface area contributed by atoms with Crippen LogP contribution in [0.15, 0.2) is 91.0 Å². The lowest BCUT2D eigenvalue weighted by molar-refractivity contribution is 0.0729. The van der Waals surface area contributed by atoms with Gasteiger partial charge in [0.2, 0.25) is 0 Å². The largest absolute Gasteiger partial charge is 0.377 e. The smallest absolute Gasteiger partial charge is 0.257 e. The van der Waals surface area contributed by atoms with Crippen LogP contribution in [0.2, 0.25) is 5.02 Å². The van der Waals surface area contributed by atoms with Crippen molar-refractivity contribution in [1.82, 2.24) is 4.90 Å². The Kier molecular flexibility index (Phi) is 8.44. The number of benzene rings is 4. The van der Waals surface area contributed by atoms with Crippen LogP contribution in [-0.2, 0) is 13.1 Å². The van der Waals surface area contributed by atoms with Crippen molar-refractivity contribution in [3.05, 3.63) is 130 Å². The average molecular weight is 530 g/mol. The number of aryl methyl sites for hydroxylation is 1. The number of carbonyl (C=O) groups excluding carboxylic acids is 2. The van der Waals surface area contributed by atoms with E-state index in [1.807, 2.05) is 62.3 Å². The second-order valence-corrected chi connectivity index (χ2v) is 9.74. The number of nitrogens with zero attached hydrogens (tertiary/aromatic N) is 2. The molecule has 0 saturated carbocycles. The molecule has 1 N–H and O–H groups in total. The van der Waals surface area contributed by atoms with E-state index in [1.165, 1.54) is 12.1 Å². The van der Waals surface area contributed by atoms with Gasteiger partial charge in [0.25, 0.3) is 11.8 Å². The molecule has 0 bridgehead atoms. The SMILES string of the molecule is Cc1cccc(C(=O)N(Cc2cccc(F)c2)Cc2cc(NC(=O)c3ccccc3Cl)ccc2N(C)C)c1. The van der Waals surface area contributed by atoms with Gasteiger partial charge in [-0.05, 0) is 72.6 Å². The molecule has 4 aromatic carbocycles. The third-order valence-electron chi connectivity index (χ3n) is 6.11. The Morgan fingerprint density at radius 1 is 0.868 bits per heavy atom. The maximum Gasteiger partial charge on any atom is 0.257 e. The van der Waals surface area contributed by atoms with Crippen molar-refractivity contribution in [3.8, 4) is 0 Å². The van der Waals surface area contributed by atoms with E-state index in [0.717, 1.165) is 16.8 Å². The van der Waals surface area contributed by atoms with Crippen molar-refractivity contribution >= 4 is 34.8 Å². The third-order valence-corrected chi connectivity index (χ3v) is 6.44. The van der Waals surface area contributed by atoms with E-state index in [9.17, 15) is 14.0 Å². The van der Waals surface area contributed by atoms with Crippen molar-refractivity contribution < 1.29 is 14.0 Å². The third kappa shape index (κ3) is 6.58. The highest BCUT2D eigenvalue weighted by Crippen LogP contribution is 2.27. The van der Waals surface area contributed by atoms with Gasteiger partial charge in [-0.25, -0.2) is 4.39 Å². The van der Waals surface area contributed by atoms with Crippen LogP contribution in [0.1, 0.15) is 37.4 Å². The molecule has 0 aromatic heterocycles. The Balaban J connectivity index is 1.69. The summed E-state index contributed by atoms with van der Waals surface area (Å²) in [7, 11) is 3.83. The van der Waals surface area contributed by atoms with Gasteiger partial charge in [-0.15, -0.1) is 0 Å². The lowest BCUT2D eigenvalue weighted by Gasteiger charge is -2.27. The van der Waals surface area contributed by atoms with Crippen LogP contribution < -0.4 is 10.2 Å². The summed E-state index contributed by atoms with van der Waals surface area (Å²) < 4.78 is 14.0. The summed E-state index contributed by atoms with van der Waals surface area (Å²) in [5, 5.41) is 3.27. The van der Waals surface area contributed by atoms with E-state index in [1.54, 1.807) is 47.4 Å². The Bertz CT molecular complexity index is 1470. The summed E-state index contributed by atoms with van der Waals surface area (Å²) in [6.45, 7) is 2.39. The summed E-state index contributed by atoms with van der Waals surface area (Å²) in [6, 6.07) is 26.1. The highest BCUT2D eigenvalue weighted by atomic mass is 35.5. The average Bonchev–Trinajstić information content (AvgIpc) is 2.88. The molecule has 2 amide bonds. The van der Waals surface area contributed by atoms with E-state index in [0.29, 0.717) is 27.4 Å². The monoisotopic (exact) mass is 529 g/mol. The number of halogens is 2. The first-order valence-electron chi connectivity index (χ1n) is 12.2. The standard InChI is InChI=1S/C31H29ClFN3O2/c1-21-8-6-10-23(16-21)31(38)36(19-22-9-7-11-25(33)17-22)20-24-18-26(14-15-29(24)35(2)3)34-30(37)27-12-4-5-13-28(27)32/h4-18H,19-20H2,1-3H3,(H,34,37). The normalized spacial score (nSPS) is 10.7. The Labute approximate surface area is 227 Å². The summed E-state index contributed by atoms with van der Waals surface area (Å²) >= 11 is 6.21. The van der Waals surface area contributed by atoms with Crippen LogP contribution in [0.5, 0.6) is 0 Å². The minimum absolute atomic E-state index is 0.173. The first-order valence-corrected chi connectivity index (χ1v) is 12.6. The van der Waals surface area contributed by atoms with Crippen molar-refractivity contribution in [3.63, 3.8) is 0 Å². The van der Waals surface area contributed by atoms with Gasteiger partial charge in [-0.3, -0.25) is 9.59 Å². The molecule has 0 saturated heterocycles. The fourth-order valence-corrected chi connectivity index (χ4v) is 4.51. The molecule has 38 heavy (non-hydrogen) atoms. The topological polar surface area (TPSA) is 52.7 Å². The zero-order chi connectivity index (χ0) is 27.2. The number of carbonyl (C=O) groups is 2. The predicted molar refractivity (Wildman–Crippen MR) is 151 cm³/mol. The molecule has 4 aromatic rings. The molecule has 0 spiro atoms. The molecule has 0 aliphatic carbocycles. The van der Waals surface area contributed by atoms with Crippen molar-refractivity contribution in [1.29, 1.82) is 0 Å². The number of hydrogen-bond donors (Lipinski definition) is 1. The molecule has 0 unspecified atom stereocenters. The van der Waals surface area contributed by atoms with Crippen LogP contribution in [0.4, 0.5) is 15.8 Å². The molecule has 0 radical (unpaired) electrons. The Morgan fingerprint density at radius 3 is 2.34 bits per heavy atom. The van der Waals surface area contributed by atoms with Gasteiger partial charge in [0.05, 0.1) is 10.6 Å². The quantitative estimate of drug-likeness (QED) is 0.269. The molecule has 4 rings (SSSR count). The number of hydrogen-bond acceptors (Lipinski definition) is 3. The molecular formula is C31H29ClFN3O2. The number of amides is 2. The number of rotatable bonds is 8. The van der Waals surface area contributed by atoms with Crippen LogP contribution in [0, 0.1) is 12.7 Å². The van der Waals surface area contributed by atoms with Gasteiger partial charge >= 0.3 is 0 Å². The molecule has 0 atom stereocenters. The fraction of sp³-hybridized carbons (Fsp3) is 0.161. The summed E-state index contributed by atoms with van der Waals surface area (Å²) in [5.41, 5.74) is 4.86. The first kappa shape index (κ1) is 26.9. The zero-order valence-corrected chi connectivity index (χ0v) is 22.3. The molecule has 194 valence electrons. The first-order chi connectivity index (χ1) is 18.2. The zero-order valence-electron chi connectivity index (χ0n) is 21.5. The van der Waals surface area contributed by atoms with Gasteiger partial charge in [0, 0.05) is 44.1 Å². The lowest BCUT2D eigenvalue weighted by Crippen LogP contribution is -2.31. The highest BCUT2D eigenvalue weighted by Gasteiger charge is 2.20. The minimum Gasteiger partial charge on any atom is -0.377 e. The maximum absolute atomic E-state index is 14.0. The van der Waals surface area contributed by atoms with Gasteiger partial charge in [0.1, 0.15) is 5.82 Å². The van der Waals surface area contributed by atoms with Gasteiger partial charge in [0.15, 0.2) is 0 Å². The molecule has 5 nitrogen and oxygen atoms in total. The van der Waals surface area contributed by atoms with Crippen LogP contribution in [-0.4, -0.2) is 30.8 Å². The predicted octanol–water partition coefficient (Wildman–Crippen LogP) is 6.95. The molecule has 0 aliphatic heterocycles. The van der Waals surface area contributed by atoms with Crippen LogP contribution in [0.3, 0.4) is 0 Å². The summed E-state index contributed by atoms with van der Waals surface area (Å²) in [4.78, 5) is 30.2. The van der Waals surface area contributed by atoms with Gasteiger partial charge < -0.3 is 15.1 Å². The van der Waals surface area contributed by atoms with Gasteiger partial charge in [-0.2, -0.15) is 0 Å². The number of anilines is 2. The van der Waals surface area contributed by atoms with E-state index in [4.69, 9.17) is 11.6 Å². The Hall–Kier alpha value is -4.16. The van der Waals surface area contributed by atoms with E-state index in [2.05, 4.69) is 5.32 Å². The van der Waals surface area contributed by atoms with E-state index < -0.39 is 0 Å². The minimum atomic E-state index is -0.358. The number of nitrogens with one attached hydrogen (secondary N) is 1. The Morgan fingerprint density at radius 2 is 1.63 bits per heavy atom. The molecule has 0 heterocycles. The van der Waals surface area contributed by atoms with E-state index in [-0.39, 0.29) is 30.7 Å². The molecular weight excluding hydrogens is 501 g/mol. The van der Waals surface area contributed by atoms with Crippen LogP contribution in [0.25, 0.3) is 0 Å². The van der Waals surface area contributed by atoms with Crippen molar-refractivity contribution in [2.24, 2.45) is 0 Å². The highest BCUT2D eigenvalue weighted by molar-refractivity contribution is 6.34. The van der Waals surface area contributed by atoms with E-state index >= 15 is 0 Å². The van der Waals surface area contributed by atoms with Gasteiger partial charge in [-0.1, -0.05) is 53.6 Å². The van der Waals surface area contributed by atoms with Crippen molar-refractivity contribution in [2.75, 3.05) is 24.3 Å². The lowest BCUT2D eigenvalue weighted by atomic mass is 10.1. The second kappa shape index (κ2) is 11.9. The van der Waals surface area contributed by atoms with Crippen LogP contribution >= 0.6 is 11.6 Å². The van der Waals surface area contributed by atoms with Crippen molar-refractivity contribution in [2.45, 2.75) is 20.0 Å². The molecule has 7 heteroatoms. The fourth-order valence-electron chi connectivity index (χ4n) is 4.29. The maximum atomic E-state index is 14.0. The summed E-state index contributed by atoms with van der Waals surface area (Å²) in [5.74, 6) is -0.858. The molecule has 0 aliphatic rings.